The fourth-order valence-electron chi connectivity index (χ4n) is 3.34. The highest BCUT2D eigenvalue weighted by molar-refractivity contribution is 7.10. The summed E-state index contributed by atoms with van der Waals surface area (Å²) in [4.78, 5) is 28.1. The van der Waals surface area contributed by atoms with Gasteiger partial charge in [0.2, 0.25) is 0 Å². The number of ketones is 1. The highest BCUT2D eigenvalue weighted by Gasteiger charge is 2.46. The average Bonchev–Trinajstić information content (AvgIpc) is 3.18. The van der Waals surface area contributed by atoms with Crippen molar-refractivity contribution in [1.82, 2.24) is 4.90 Å². The van der Waals surface area contributed by atoms with Crippen molar-refractivity contribution in [2.75, 3.05) is 6.54 Å². The summed E-state index contributed by atoms with van der Waals surface area (Å²) < 4.78 is 0. The minimum absolute atomic E-state index is 0.152. The molecule has 4 nitrogen and oxygen atoms in total. The van der Waals surface area contributed by atoms with Gasteiger partial charge in [-0.2, -0.15) is 0 Å². The van der Waals surface area contributed by atoms with E-state index >= 15 is 0 Å². The molecule has 1 fully saturated rings. The molecule has 27 heavy (non-hydrogen) atoms. The van der Waals surface area contributed by atoms with Crippen LogP contribution in [-0.2, 0) is 9.59 Å². The summed E-state index contributed by atoms with van der Waals surface area (Å²) in [5.74, 6) is -1.32. The Balaban J connectivity index is 2.10. The summed E-state index contributed by atoms with van der Waals surface area (Å²) in [6.45, 7) is 4.55. The molecule has 1 aromatic carbocycles. The third kappa shape index (κ3) is 3.80. The molecule has 1 aliphatic heterocycles. The molecule has 0 aliphatic carbocycles. The van der Waals surface area contributed by atoms with Gasteiger partial charge < -0.3 is 10.0 Å². The van der Waals surface area contributed by atoms with Crippen LogP contribution in [0.1, 0.15) is 48.2 Å². The molecule has 0 bridgehead atoms. The highest BCUT2D eigenvalue weighted by Crippen LogP contribution is 2.42. The van der Waals surface area contributed by atoms with E-state index in [2.05, 4.69) is 6.92 Å². The zero-order valence-corrected chi connectivity index (χ0v) is 16.9. The first-order valence-corrected chi connectivity index (χ1v) is 10.3. The van der Waals surface area contributed by atoms with Gasteiger partial charge in [-0.25, -0.2) is 0 Å². The molecule has 3 rings (SSSR count). The van der Waals surface area contributed by atoms with Crippen molar-refractivity contribution in [3.8, 4) is 0 Å². The first-order valence-electron chi connectivity index (χ1n) is 9.04. The number of hydrogen-bond acceptors (Lipinski definition) is 4. The molecular weight excluding hydrogens is 382 g/mol. The normalized spacial score (nSPS) is 19.1. The lowest BCUT2D eigenvalue weighted by Crippen LogP contribution is -2.30. The van der Waals surface area contributed by atoms with Gasteiger partial charge in [-0.15, -0.1) is 11.3 Å². The summed E-state index contributed by atoms with van der Waals surface area (Å²) >= 11 is 7.43. The fourth-order valence-corrected chi connectivity index (χ4v) is 4.52. The first-order chi connectivity index (χ1) is 13.0. The quantitative estimate of drug-likeness (QED) is 0.307. The third-order valence-electron chi connectivity index (χ3n) is 4.81. The van der Waals surface area contributed by atoms with E-state index in [9.17, 15) is 14.7 Å². The number of halogens is 1. The average molecular weight is 404 g/mol. The standard InChI is InChI=1S/C21H22ClNO3S/c1-3-4-5-11-23-17(20-13(2)10-12-27-20)16(19(25)21(23)26)18(24)14-6-8-15(22)9-7-14/h6-10,12,17,24H,3-5,11H2,1-2H3/b18-16-. The van der Waals surface area contributed by atoms with Crippen molar-refractivity contribution in [2.24, 2.45) is 0 Å². The number of nitrogens with zero attached hydrogens (tertiary/aromatic N) is 1. The Morgan fingerprint density at radius 3 is 2.48 bits per heavy atom. The predicted molar refractivity (Wildman–Crippen MR) is 109 cm³/mol. The largest absolute Gasteiger partial charge is 0.507 e. The number of thiophene rings is 1. The summed E-state index contributed by atoms with van der Waals surface area (Å²) in [6, 6.07) is 8.03. The van der Waals surface area contributed by atoms with Crippen molar-refractivity contribution in [1.29, 1.82) is 0 Å². The molecule has 2 heterocycles. The van der Waals surface area contributed by atoms with Crippen LogP contribution < -0.4 is 0 Å². The Hall–Kier alpha value is -2.11. The van der Waals surface area contributed by atoms with Crippen LogP contribution in [0.5, 0.6) is 0 Å². The van der Waals surface area contributed by atoms with E-state index in [1.54, 1.807) is 29.2 Å². The van der Waals surface area contributed by atoms with Crippen molar-refractivity contribution >= 4 is 40.4 Å². The number of amides is 1. The number of carbonyl (C=O) groups excluding carboxylic acids is 2. The number of unbranched alkanes of at least 4 members (excludes halogenated alkanes) is 2. The number of aliphatic hydroxyl groups is 1. The lowest BCUT2D eigenvalue weighted by atomic mass is 9.98. The Bertz CT molecular complexity index is 885. The second kappa shape index (κ2) is 8.28. The smallest absolute Gasteiger partial charge is 0.295 e. The maximum absolute atomic E-state index is 12.8. The van der Waals surface area contributed by atoms with E-state index in [4.69, 9.17) is 11.6 Å². The van der Waals surface area contributed by atoms with Crippen LogP contribution in [0.3, 0.4) is 0 Å². The molecule has 142 valence electrons. The van der Waals surface area contributed by atoms with Crippen molar-refractivity contribution in [3.05, 3.63) is 62.3 Å². The fraction of sp³-hybridized carbons (Fsp3) is 0.333. The maximum Gasteiger partial charge on any atom is 0.295 e. The number of hydrogen-bond donors (Lipinski definition) is 1. The van der Waals surface area contributed by atoms with Crippen LogP contribution in [0.4, 0.5) is 0 Å². The first kappa shape index (κ1) is 19.6. The maximum atomic E-state index is 12.8. The summed E-state index contributed by atoms with van der Waals surface area (Å²) in [5, 5.41) is 13.4. The second-order valence-electron chi connectivity index (χ2n) is 6.67. The topological polar surface area (TPSA) is 57.6 Å². The van der Waals surface area contributed by atoms with Crippen molar-refractivity contribution in [3.63, 3.8) is 0 Å². The number of likely N-dealkylation sites (tertiary alicyclic amines) is 1. The second-order valence-corrected chi connectivity index (χ2v) is 8.06. The van der Waals surface area contributed by atoms with Crippen LogP contribution in [-0.4, -0.2) is 28.2 Å². The van der Waals surface area contributed by atoms with Crippen LogP contribution in [0, 0.1) is 6.92 Å². The molecule has 2 aromatic rings. The number of benzene rings is 1. The van der Waals surface area contributed by atoms with E-state index in [1.165, 1.54) is 11.3 Å². The van der Waals surface area contributed by atoms with E-state index in [0.717, 1.165) is 29.7 Å². The molecule has 0 spiro atoms. The zero-order chi connectivity index (χ0) is 19.6. The van der Waals surface area contributed by atoms with Gasteiger partial charge in [-0.05, 0) is 54.6 Å². The zero-order valence-electron chi connectivity index (χ0n) is 15.4. The summed E-state index contributed by atoms with van der Waals surface area (Å²) in [6.07, 6.45) is 2.83. The Morgan fingerprint density at radius 2 is 1.89 bits per heavy atom. The Morgan fingerprint density at radius 1 is 1.19 bits per heavy atom. The molecule has 6 heteroatoms. The SMILES string of the molecule is CCCCCN1C(=O)C(=O)/C(=C(\O)c2ccc(Cl)cc2)C1c1sccc1C. The molecule has 0 saturated carbocycles. The molecule has 1 amide bonds. The monoisotopic (exact) mass is 403 g/mol. The molecular formula is C21H22ClNO3S. The van der Waals surface area contributed by atoms with Gasteiger partial charge in [0.1, 0.15) is 5.76 Å². The molecule has 1 N–H and O–H groups in total. The van der Waals surface area contributed by atoms with Gasteiger partial charge in [0.05, 0.1) is 11.6 Å². The Labute approximate surface area is 168 Å². The molecule has 1 unspecified atom stereocenters. The summed E-state index contributed by atoms with van der Waals surface area (Å²) in [7, 11) is 0. The lowest BCUT2D eigenvalue weighted by Gasteiger charge is -2.24. The van der Waals surface area contributed by atoms with Gasteiger partial charge in [-0.1, -0.05) is 31.4 Å². The van der Waals surface area contributed by atoms with Gasteiger partial charge in [-0.3, -0.25) is 9.59 Å². The molecule has 1 saturated heterocycles. The van der Waals surface area contributed by atoms with E-state index in [-0.39, 0.29) is 11.3 Å². The molecule has 1 aromatic heterocycles. The van der Waals surface area contributed by atoms with E-state index in [1.807, 2.05) is 18.4 Å². The van der Waals surface area contributed by atoms with Gasteiger partial charge in [0.25, 0.3) is 11.7 Å². The minimum atomic E-state index is -0.628. The number of aliphatic hydroxyl groups excluding tert-OH is 1. The number of carbonyl (C=O) groups is 2. The van der Waals surface area contributed by atoms with E-state index < -0.39 is 17.7 Å². The molecule has 0 radical (unpaired) electrons. The van der Waals surface area contributed by atoms with Gasteiger partial charge >= 0.3 is 0 Å². The Kier molecular flexibility index (Phi) is 6.02. The van der Waals surface area contributed by atoms with Crippen LogP contribution in [0.15, 0.2) is 41.3 Å². The number of aryl methyl sites for hydroxylation is 1. The van der Waals surface area contributed by atoms with E-state index in [0.29, 0.717) is 17.1 Å². The molecule has 1 atom stereocenters. The molecule has 1 aliphatic rings. The van der Waals surface area contributed by atoms with Crippen LogP contribution in [0.2, 0.25) is 5.02 Å². The van der Waals surface area contributed by atoms with Crippen LogP contribution >= 0.6 is 22.9 Å². The predicted octanol–water partition coefficient (Wildman–Crippen LogP) is 5.32. The van der Waals surface area contributed by atoms with Gasteiger partial charge in [0.15, 0.2) is 0 Å². The van der Waals surface area contributed by atoms with Crippen molar-refractivity contribution < 1.29 is 14.7 Å². The van der Waals surface area contributed by atoms with Gasteiger partial charge in [0, 0.05) is 22.0 Å². The number of rotatable bonds is 6. The summed E-state index contributed by atoms with van der Waals surface area (Å²) in [5.41, 5.74) is 1.64. The highest BCUT2D eigenvalue weighted by atomic mass is 35.5. The van der Waals surface area contributed by atoms with Crippen LogP contribution in [0.25, 0.3) is 5.76 Å². The number of Topliss-reactive ketones (excluding diaryl/α,β-unsaturated/α-hetero) is 1. The minimum Gasteiger partial charge on any atom is -0.507 e. The van der Waals surface area contributed by atoms with Crippen molar-refractivity contribution in [2.45, 2.75) is 39.2 Å². The lowest BCUT2D eigenvalue weighted by molar-refractivity contribution is -0.139. The third-order valence-corrected chi connectivity index (χ3v) is 6.13.